The molecular weight excluding hydrogens is 220 g/mol. The van der Waals surface area contributed by atoms with Gasteiger partial charge in [0.25, 0.3) is 0 Å². The minimum atomic E-state index is 0.573. The Labute approximate surface area is 111 Å². The van der Waals surface area contributed by atoms with Crippen molar-refractivity contribution in [3.05, 3.63) is 29.8 Å². The molecule has 0 spiro atoms. The van der Waals surface area contributed by atoms with Gasteiger partial charge in [0.05, 0.1) is 0 Å². The Hall–Kier alpha value is -1.02. The smallest absolute Gasteiger partial charge is 0.0402 e. The molecule has 1 aromatic carbocycles. The van der Waals surface area contributed by atoms with Crippen LogP contribution in [0.3, 0.4) is 0 Å². The molecular formula is C16H26N2. The summed E-state index contributed by atoms with van der Waals surface area (Å²) in [5.41, 5.74) is 2.94. The minimum Gasteiger partial charge on any atom is -0.367 e. The first-order chi connectivity index (χ1) is 8.63. The quantitative estimate of drug-likeness (QED) is 0.859. The highest BCUT2D eigenvalue weighted by atomic mass is 15.2. The molecule has 1 aliphatic heterocycles. The van der Waals surface area contributed by atoms with Crippen LogP contribution in [0.2, 0.25) is 0 Å². The largest absolute Gasteiger partial charge is 0.367 e. The number of nitrogens with one attached hydrogen (secondary N) is 1. The maximum absolute atomic E-state index is 3.62. The SMILES string of the molecule is CCNC(CN1c2ccccc2CC1C)C(C)C. The van der Waals surface area contributed by atoms with Crippen molar-refractivity contribution in [1.29, 1.82) is 0 Å². The second-order valence-electron chi connectivity index (χ2n) is 5.74. The topological polar surface area (TPSA) is 15.3 Å². The molecule has 0 saturated heterocycles. The van der Waals surface area contributed by atoms with Crippen molar-refractivity contribution in [3.63, 3.8) is 0 Å². The lowest BCUT2D eigenvalue weighted by atomic mass is 10.0. The number of fused-ring (bicyclic) bond motifs is 1. The van der Waals surface area contributed by atoms with E-state index >= 15 is 0 Å². The fourth-order valence-electron chi connectivity index (χ4n) is 2.89. The molecule has 2 atom stereocenters. The Morgan fingerprint density at radius 3 is 2.72 bits per heavy atom. The number of likely N-dealkylation sites (N-methyl/N-ethyl adjacent to an activating group) is 1. The van der Waals surface area contributed by atoms with Crippen LogP contribution in [0.25, 0.3) is 0 Å². The first kappa shape index (κ1) is 13.4. The maximum atomic E-state index is 3.62. The fourth-order valence-corrected chi connectivity index (χ4v) is 2.89. The van der Waals surface area contributed by atoms with Crippen LogP contribution in [0, 0.1) is 5.92 Å². The summed E-state index contributed by atoms with van der Waals surface area (Å²) in [6.45, 7) is 11.3. The second-order valence-corrected chi connectivity index (χ2v) is 5.74. The summed E-state index contributed by atoms with van der Waals surface area (Å²) < 4.78 is 0. The standard InChI is InChI=1S/C16H26N2/c1-5-17-15(12(2)3)11-18-13(4)10-14-8-6-7-9-16(14)18/h6-9,12-13,15,17H,5,10-11H2,1-4H3. The van der Waals surface area contributed by atoms with Crippen molar-refractivity contribution in [3.8, 4) is 0 Å². The van der Waals surface area contributed by atoms with Gasteiger partial charge in [-0.1, -0.05) is 39.0 Å². The summed E-state index contributed by atoms with van der Waals surface area (Å²) in [6.07, 6.45) is 1.19. The number of rotatable bonds is 5. The lowest BCUT2D eigenvalue weighted by Gasteiger charge is -2.32. The van der Waals surface area contributed by atoms with Crippen LogP contribution in [-0.2, 0) is 6.42 Å². The highest BCUT2D eigenvalue weighted by molar-refractivity contribution is 5.59. The molecule has 18 heavy (non-hydrogen) atoms. The number of benzene rings is 1. The van der Waals surface area contributed by atoms with Gasteiger partial charge in [-0.05, 0) is 37.4 Å². The third kappa shape index (κ3) is 2.69. The Morgan fingerprint density at radius 1 is 1.33 bits per heavy atom. The molecule has 0 saturated carbocycles. The van der Waals surface area contributed by atoms with E-state index in [-0.39, 0.29) is 0 Å². The van der Waals surface area contributed by atoms with Crippen molar-refractivity contribution >= 4 is 5.69 Å². The number of anilines is 1. The highest BCUT2D eigenvalue weighted by Crippen LogP contribution is 2.32. The first-order valence-electron chi connectivity index (χ1n) is 7.21. The summed E-state index contributed by atoms with van der Waals surface area (Å²) in [6, 6.07) is 10.0. The van der Waals surface area contributed by atoms with E-state index in [0.29, 0.717) is 18.0 Å². The summed E-state index contributed by atoms with van der Waals surface area (Å²) in [5, 5.41) is 3.62. The molecule has 0 aliphatic carbocycles. The predicted molar refractivity (Wildman–Crippen MR) is 79.3 cm³/mol. The van der Waals surface area contributed by atoms with Gasteiger partial charge in [0.1, 0.15) is 0 Å². The van der Waals surface area contributed by atoms with E-state index in [2.05, 4.69) is 62.2 Å². The molecule has 2 heteroatoms. The van der Waals surface area contributed by atoms with Crippen molar-refractivity contribution in [2.75, 3.05) is 18.0 Å². The van der Waals surface area contributed by atoms with Gasteiger partial charge < -0.3 is 10.2 Å². The van der Waals surface area contributed by atoms with Gasteiger partial charge in [0.15, 0.2) is 0 Å². The highest BCUT2D eigenvalue weighted by Gasteiger charge is 2.28. The number of nitrogens with zero attached hydrogens (tertiary/aromatic N) is 1. The monoisotopic (exact) mass is 246 g/mol. The molecule has 0 fully saturated rings. The summed E-state index contributed by atoms with van der Waals surface area (Å²) >= 11 is 0. The zero-order chi connectivity index (χ0) is 13.1. The molecule has 1 N–H and O–H groups in total. The number of para-hydroxylation sites is 1. The van der Waals surface area contributed by atoms with Crippen LogP contribution >= 0.6 is 0 Å². The van der Waals surface area contributed by atoms with Crippen molar-refractivity contribution in [2.24, 2.45) is 5.92 Å². The van der Waals surface area contributed by atoms with Crippen LogP contribution in [0.4, 0.5) is 5.69 Å². The minimum absolute atomic E-state index is 0.573. The Morgan fingerprint density at radius 2 is 2.06 bits per heavy atom. The van der Waals surface area contributed by atoms with Gasteiger partial charge in [-0.2, -0.15) is 0 Å². The zero-order valence-electron chi connectivity index (χ0n) is 12.1. The van der Waals surface area contributed by atoms with E-state index in [0.717, 1.165) is 13.1 Å². The van der Waals surface area contributed by atoms with Crippen LogP contribution in [0.15, 0.2) is 24.3 Å². The molecule has 1 aliphatic rings. The van der Waals surface area contributed by atoms with E-state index in [1.54, 1.807) is 0 Å². The Kier molecular flexibility index (Phi) is 4.28. The predicted octanol–water partition coefficient (Wildman–Crippen LogP) is 3.07. The van der Waals surface area contributed by atoms with Gasteiger partial charge in [0, 0.05) is 24.3 Å². The van der Waals surface area contributed by atoms with E-state index in [4.69, 9.17) is 0 Å². The average molecular weight is 246 g/mol. The van der Waals surface area contributed by atoms with E-state index in [1.165, 1.54) is 17.7 Å². The first-order valence-corrected chi connectivity index (χ1v) is 7.21. The molecule has 0 aromatic heterocycles. The van der Waals surface area contributed by atoms with Crippen LogP contribution in [0.1, 0.15) is 33.3 Å². The normalized spacial score (nSPS) is 20.3. The summed E-state index contributed by atoms with van der Waals surface area (Å²) in [7, 11) is 0. The van der Waals surface area contributed by atoms with E-state index in [9.17, 15) is 0 Å². The third-order valence-corrected chi connectivity index (χ3v) is 4.01. The van der Waals surface area contributed by atoms with Gasteiger partial charge in [0.2, 0.25) is 0 Å². The van der Waals surface area contributed by atoms with Gasteiger partial charge in [-0.25, -0.2) is 0 Å². The molecule has 2 nitrogen and oxygen atoms in total. The molecule has 0 radical (unpaired) electrons. The summed E-state index contributed by atoms with van der Waals surface area (Å²) in [4.78, 5) is 2.57. The van der Waals surface area contributed by atoms with Crippen LogP contribution < -0.4 is 10.2 Å². The zero-order valence-corrected chi connectivity index (χ0v) is 12.1. The van der Waals surface area contributed by atoms with Gasteiger partial charge in [-0.15, -0.1) is 0 Å². The molecule has 2 rings (SSSR count). The van der Waals surface area contributed by atoms with E-state index in [1.807, 2.05) is 0 Å². The number of hydrogen-bond acceptors (Lipinski definition) is 2. The maximum Gasteiger partial charge on any atom is 0.0402 e. The van der Waals surface area contributed by atoms with Gasteiger partial charge in [-0.3, -0.25) is 0 Å². The number of hydrogen-bond donors (Lipinski definition) is 1. The fraction of sp³-hybridized carbons (Fsp3) is 0.625. The molecule has 0 bridgehead atoms. The summed E-state index contributed by atoms with van der Waals surface area (Å²) in [5.74, 6) is 0.671. The lowest BCUT2D eigenvalue weighted by Crippen LogP contribution is -2.46. The Bertz CT molecular complexity index is 386. The third-order valence-electron chi connectivity index (χ3n) is 4.01. The van der Waals surface area contributed by atoms with Crippen molar-refractivity contribution in [1.82, 2.24) is 5.32 Å². The van der Waals surface area contributed by atoms with Crippen molar-refractivity contribution in [2.45, 2.75) is 46.2 Å². The van der Waals surface area contributed by atoms with E-state index < -0.39 is 0 Å². The average Bonchev–Trinajstić information content (AvgIpc) is 2.65. The van der Waals surface area contributed by atoms with Crippen LogP contribution in [0.5, 0.6) is 0 Å². The Balaban J connectivity index is 2.13. The lowest BCUT2D eigenvalue weighted by molar-refractivity contribution is 0.398. The van der Waals surface area contributed by atoms with Crippen molar-refractivity contribution < 1.29 is 0 Å². The molecule has 1 heterocycles. The molecule has 0 amide bonds. The molecule has 2 unspecified atom stereocenters. The van der Waals surface area contributed by atoms with Gasteiger partial charge >= 0.3 is 0 Å². The van der Waals surface area contributed by atoms with Crippen LogP contribution in [-0.4, -0.2) is 25.2 Å². The molecule has 1 aromatic rings. The second kappa shape index (κ2) is 5.75. The molecule has 100 valence electrons.